The number of halogens is 1. The van der Waals surface area contributed by atoms with Crippen LogP contribution in [0.4, 0.5) is 4.79 Å². The Balaban J connectivity index is 1.82. The van der Waals surface area contributed by atoms with E-state index in [2.05, 4.69) is 26.6 Å². The summed E-state index contributed by atoms with van der Waals surface area (Å²) in [5.41, 5.74) is 2.11. The lowest BCUT2D eigenvalue weighted by Gasteiger charge is -2.24. The number of carbonyl (C=O) groups is 2. The van der Waals surface area contributed by atoms with Gasteiger partial charge in [0.15, 0.2) is 0 Å². The van der Waals surface area contributed by atoms with Crippen LogP contribution in [0.25, 0.3) is 0 Å². The Morgan fingerprint density at radius 3 is 2.78 bits per heavy atom. The van der Waals surface area contributed by atoms with E-state index in [-0.39, 0.29) is 11.9 Å². The first-order valence-electron chi connectivity index (χ1n) is 11.0. The molecule has 3 rings (SSSR count). The van der Waals surface area contributed by atoms with Gasteiger partial charge in [-0.25, -0.2) is 4.79 Å². The van der Waals surface area contributed by atoms with Crippen LogP contribution in [-0.4, -0.2) is 36.8 Å². The molecular formula is C25H31BrN2O4. The lowest BCUT2D eigenvalue weighted by molar-refractivity contribution is 0.0483. The van der Waals surface area contributed by atoms with Gasteiger partial charge in [0.25, 0.3) is 5.91 Å². The molecular weight excluding hydrogens is 472 g/mol. The van der Waals surface area contributed by atoms with Gasteiger partial charge in [0, 0.05) is 23.0 Å². The minimum atomic E-state index is -0.568. The fraction of sp³-hybridized carbons (Fsp3) is 0.440. The monoisotopic (exact) mass is 502 g/mol. The fourth-order valence-corrected chi connectivity index (χ4v) is 3.96. The molecule has 2 aromatic rings. The van der Waals surface area contributed by atoms with Gasteiger partial charge in [-0.15, -0.1) is 0 Å². The van der Waals surface area contributed by atoms with Crippen molar-refractivity contribution in [2.75, 3.05) is 13.2 Å². The first-order chi connectivity index (χ1) is 15.2. The average Bonchev–Trinajstić information content (AvgIpc) is 2.71. The molecule has 1 atom stereocenters. The van der Waals surface area contributed by atoms with Crippen molar-refractivity contribution in [3.63, 3.8) is 0 Å². The van der Waals surface area contributed by atoms with Crippen LogP contribution in [-0.2, 0) is 11.2 Å². The predicted molar refractivity (Wildman–Crippen MR) is 128 cm³/mol. The van der Waals surface area contributed by atoms with Crippen LogP contribution in [0.3, 0.4) is 0 Å². The molecule has 0 fully saturated rings. The van der Waals surface area contributed by atoms with Crippen molar-refractivity contribution in [1.82, 2.24) is 10.6 Å². The van der Waals surface area contributed by atoms with Crippen LogP contribution in [0, 0.1) is 0 Å². The number of hydrogen-bond donors (Lipinski definition) is 2. The normalized spacial score (nSPS) is 17.6. The predicted octanol–water partition coefficient (Wildman–Crippen LogP) is 5.23. The van der Waals surface area contributed by atoms with E-state index in [1.54, 1.807) is 0 Å². The van der Waals surface area contributed by atoms with Crippen molar-refractivity contribution in [3.8, 4) is 5.75 Å². The molecule has 1 unspecified atom stereocenters. The van der Waals surface area contributed by atoms with Crippen LogP contribution in [0.5, 0.6) is 5.75 Å². The number of alkyl carbamates (subject to hydrolysis) is 1. The Morgan fingerprint density at radius 2 is 2.00 bits per heavy atom. The molecule has 0 radical (unpaired) electrons. The molecule has 2 aromatic carbocycles. The number of hydrogen-bond acceptors (Lipinski definition) is 4. The number of carbonyl (C=O) groups excluding carboxylic acids is 2. The molecule has 2 bridgehead atoms. The van der Waals surface area contributed by atoms with E-state index in [1.165, 1.54) is 0 Å². The molecule has 0 saturated heterocycles. The molecule has 172 valence electrons. The Labute approximate surface area is 198 Å². The first kappa shape index (κ1) is 24.1. The summed E-state index contributed by atoms with van der Waals surface area (Å²) in [7, 11) is 0. The third kappa shape index (κ3) is 7.55. The van der Waals surface area contributed by atoms with Gasteiger partial charge in [-0.2, -0.15) is 0 Å². The Morgan fingerprint density at radius 1 is 1.19 bits per heavy atom. The topological polar surface area (TPSA) is 76.7 Å². The van der Waals surface area contributed by atoms with E-state index in [0.717, 1.165) is 34.2 Å². The summed E-state index contributed by atoms with van der Waals surface area (Å²) in [5, 5.41) is 5.93. The Hall–Kier alpha value is -2.54. The molecule has 0 aromatic heterocycles. The van der Waals surface area contributed by atoms with Gasteiger partial charge in [-0.05, 0) is 81.5 Å². The van der Waals surface area contributed by atoms with E-state index in [4.69, 9.17) is 9.47 Å². The van der Waals surface area contributed by atoms with Crippen molar-refractivity contribution >= 4 is 27.9 Å². The van der Waals surface area contributed by atoms with E-state index in [9.17, 15) is 9.59 Å². The maximum absolute atomic E-state index is 12.5. The van der Waals surface area contributed by atoms with E-state index >= 15 is 0 Å². The summed E-state index contributed by atoms with van der Waals surface area (Å²) in [6.07, 6.45) is 2.53. The van der Waals surface area contributed by atoms with Gasteiger partial charge < -0.3 is 20.1 Å². The first-order valence-corrected chi connectivity index (χ1v) is 11.8. The fourth-order valence-electron chi connectivity index (χ4n) is 3.55. The average molecular weight is 503 g/mol. The quantitative estimate of drug-likeness (QED) is 0.559. The van der Waals surface area contributed by atoms with Crippen LogP contribution < -0.4 is 15.4 Å². The van der Waals surface area contributed by atoms with Crippen molar-refractivity contribution in [3.05, 3.63) is 63.6 Å². The molecule has 7 heteroatoms. The molecule has 0 spiro atoms. The second-order valence-electron chi connectivity index (χ2n) is 9.04. The Kier molecular flexibility index (Phi) is 8.18. The van der Waals surface area contributed by atoms with Crippen LogP contribution in [0.15, 0.2) is 46.9 Å². The molecule has 2 N–H and O–H groups in total. The second kappa shape index (κ2) is 10.9. The minimum Gasteiger partial charge on any atom is -0.491 e. The molecule has 0 saturated carbocycles. The molecule has 0 aliphatic carbocycles. The number of benzene rings is 2. The van der Waals surface area contributed by atoms with Gasteiger partial charge in [0.1, 0.15) is 18.0 Å². The molecule has 1 heterocycles. The van der Waals surface area contributed by atoms with E-state index in [1.807, 2.05) is 63.2 Å². The molecule has 6 nitrogen and oxygen atoms in total. The molecule has 1 aliphatic heterocycles. The number of rotatable bonds is 1. The second-order valence-corrected chi connectivity index (χ2v) is 9.95. The smallest absolute Gasteiger partial charge is 0.407 e. The number of ether oxygens (including phenoxy) is 2. The van der Waals surface area contributed by atoms with Crippen molar-refractivity contribution < 1.29 is 19.1 Å². The molecule has 2 amide bonds. The van der Waals surface area contributed by atoms with Gasteiger partial charge >= 0.3 is 6.09 Å². The van der Waals surface area contributed by atoms with Gasteiger partial charge in [0.2, 0.25) is 0 Å². The van der Waals surface area contributed by atoms with Gasteiger partial charge in [0.05, 0.1) is 6.04 Å². The minimum absolute atomic E-state index is 0.0733. The highest BCUT2D eigenvalue weighted by Crippen LogP contribution is 2.26. The summed E-state index contributed by atoms with van der Waals surface area (Å²) < 4.78 is 12.6. The third-order valence-electron chi connectivity index (χ3n) is 5.03. The van der Waals surface area contributed by atoms with Crippen LogP contribution in [0.2, 0.25) is 0 Å². The highest BCUT2D eigenvalue weighted by atomic mass is 79.9. The number of nitrogens with one attached hydrogen (secondary N) is 2. The summed E-state index contributed by atoms with van der Waals surface area (Å²) in [5.74, 6) is 0.685. The summed E-state index contributed by atoms with van der Waals surface area (Å²) in [6.45, 7) is 6.43. The SMILES string of the molecule is CC(C)(C)OC(=O)NC1CCCCNC(=O)c2cccc(c2)Cc2cc(Br)ccc2OC1. The molecule has 32 heavy (non-hydrogen) atoms. The van der Waals surface area contributed by atoms with Gasteiger partial charge in [-0.1, -0.05) is 28.1 Å². The standard InChI is InChI=1S/C25H31BrN2O4/c1-25(2,3)32-24(30)28-21-9-4-5-12-27-23(29)18-8-6-7-17(13-18)14-19-15-20(26)10-11-22(19)31-16-21/h6-8,10-11,13,15,21H,4-5,9,12,14,16H2,1-3H3,(H,27,29)(H,28,30). The maximum Gasteiger partial charge on any atom is 0.407 e. The highest BCUT2D eigenvalue weighted by molar-refractivity contribution is 9.10. The van der Waals surface area contributed by atoms with Crippen molar-refractivity contribution in [2.24, 2.45) is 0 Å². The van der Waals surface area contributed by atoms with Gasteiger partial charge in [-0.3, -0.25) is 4.79 Å². The zero-order chi connectivity index (χ0) is 23.1. The van der Waals surface area contributed by atoms with Crippen molar-refractivity contribution in [2.45, 2.75) is 58.1 Å². The summed E-state index contributed by atoms with van der Waals surface area (Å²) in [4.78, 5) is 24.9. The van der Waals surface area contributed by atoms with Crippen LogP contribution >= 0.6 is 15.9 Å². The van der Waals surface area contributed by atoms with E-state index in [0.29, 0.717) is 31.6 Å². The van der Waals surface area contributed by atoms with Crippen molar-refractivity contribution in [1.29, 1.82) is 0 Å². The zero-order valence-corrected chi connectivity index (χ0v) is 20.5. The van der Waals surface area contributed by atoms with E-state index < -0.39 is 11.7 Å². The third-order valence-corrected chi connectivity index (χ3v) is 5.53. The summed E-state index contributed by atoms with van der Waals surface area (Å²) in [6, 6.07) is 13.3. The zero-order valence-electron chi connectivity index (χ0n) is 18.9. The molecule has 1 aliphatic rings. The lowest BCUT2D eigenvalue weighted by Crippen LogP contribution is -2.42. The maximum atomic E-state index is 12.5. The number of fused-ring (bicyclic) bond motifs is 3. The largest absolute Gasteiger partial charge is 0.491 e. The highest BCUT2D eigenvalue weighted by Gasteiger charge is 2.20. The summed E-state index contributed by atoms with van der Waals surface area (Å²) >= 11 is 3.54. The Bertz CT molecular complexity index is 955. The number of amides is 2. The van der Waals surface area contributed by atoms with Crippen LogP contribution in [0.1, 0.15) is 61.5 Å². The lowest BCUT2D eigenvalue weighted by atomic mass is 10.0.